The van der Waals surface area contributed by atoms with Crippen LogP contribution in [0.5, 0.6) is 0 Å². The first-order chi connectivity index (χ1) is 7.07. The van der Waals surface area contributed by atoms with Crippen LogP contribution in [0.3, 0.4) is 0 Å². The van der Waals surface area contributed by atoms with E-state index in [4.69, 9.17) is 20.9 Å². The second-order valence-electron chi connectivity index (χ2n) is 2.75. The van der Waals surface area contributed by atoms with E-state index in [0.29, 0.717) is 12.8 Å². The number of unbranched alkanes of at least 4 members (excludes halogenated alkanes) is 1. The SMILES string of the molecule is NC(CS)C(=O)OCCCCON(O)O. The van der Waals surface area contributed by atoms with E-state index < -0.39 is 12.0 Å². The van der Waals surface area contributed by atoms with Gasteiger partial charge >= 0.3 is 5.97 Å². The van der Waals surface area contributed by atoms with E-state index in [1.165, 1.54) is 0 Å². The molecule has 4 N–H and O–H groups in total. The summed E-state index contributed by atoms with van der Waals surface area (Å²) in [6, 6.07) is -0.699. The van der Waals surface area contributed by atoms with Gasteiger partial charge in [-0.05, 0) is 12.8 Å². The summed E-state index contributed by atoms with van der Waals surface area (Å²) >= 11 is 3.85. The minimum atomic E-state index is -0.699. The molecule has 0 aromatic heterocycles. The van der Waals surface area contributed by atoms with Crippen molar-refractivity contribution in [3.63, 3.8) is 0 Å². The summed E-state index contributed by atoms with van der Waals surface area (Å²) in [4.78, 5) is 15.3. The molecular weight excluding hydrogens is 224 g/mol. The van der Waals surface area contributed by atoms with Crippen LogP contribution in [0.25, 0.3) is 0 Å². The Morgan fingerprint density at radius 1 is 1.40 bits per heavy atom. The molecule has 15 heavy (non-hydrogen) atoms. The smallest absolute Gasteiger partial charge is 0.323 e. The van der Waals surface area contributed by atoms with Crippen molar-refractivity contribution in [2.45, 2.75) is 18.9 Å². The molecule has 0 aliphatic rings. The Morgan fingerprint density at radius 3 is 2.53 bits per heavy atom. The molecule has 0 saturated carbocycles. The maximum absolute atomic E-state index is 11.0. The van der Waals surface area contributed by atoms with Crippen molar-refractivity contribution in [2.75, 3.05) is 19.0 Å². The molecule has 0 amide bonds. The molecule has 90 valence electrons. The molecule has 7 nitrogen and oxygen atoms in total. The maximum atomic E-state index is 11.0. The predicted octanol–water partition coefficient (Wildman–Crippen LogP) is -0.421. The van der Waals surface area contributed by atoms with Gasteiger partial charge in [-0.25, -0.2) is 0 Å². The Morgan fingerprint density at radius 2 is 2.00 bits per heavy atom. The number of thiol groups is 1. The Hall–Kier alpha value is -0.380. The summed E-state index contributed by atoms with van der Waals surface area (Å²) in [7, 11) is 0. The highest BCUT2D eigenvalue weighted by Gasteiger charge is 2.11. The first-order valence-electron chi connectivity index (χ1n) is 4.41. The first-order valence-corrected chi connectivity index (χ1v) is 5.05. The van der Waals surface area contributed by atoms with E-state index in [9.17, 15) is 4.79 Å². The molecular formula is C7H16N2O5S. The first kappa shape index (κ1) is 14.6. The Labute approximate surface area is 93.0 Å². The monoisotopic (exact) mass is 240 g/mol. The highest BCUT2D eigenvalue weighted by atomic mass is 32.1. The van der Waals surface area contributed by atoms with Crippen molar-refractivity contribution in [2.24, 2.45) is 5.73 Å². The van der Waals surface area contributed by atoms with E-state index >= 15 is 0 Å². The molecule has 0 heterocycles. The largest absolute Gasteiger partial charge is 0.465 e. The van der Waals surface area contributed by atoms with Crippen molar-refractivity contribution in [1.29, 1.82) is 0 Å². The fourth-order valence-corrected chi connectivity index (χ4v) is 0.854. The lowest BCUT2D eigenvalue weighted by Crippen LogP contribution is -2.34. The van der Waals surface area contributed by atoms with Crippen molar-refractivity contribution < 1.29 is 24.8 Å². The van der Waals surface area contributed by atoms with E-state index in [1.807, 2.05) is 0 Å². The van der Waals surface area contributed by atoms with Crippen molar-refractivity contribution in [1.82, 2.24) is 5.39 Å². The highest BCUT2D eigenvalue weighted by molar-refractivity contribution is 7.80. The van der Waals surface area contributed by atoms with E-state index in [0.717, 1.165) is 0 Å². The number of carbonyl (C=O) groups is 1. The number of hydrogen-bond donors (Lipinski definition) is 4. The van der Waals surface area contributed by atoms with Crippen molar-refractivity contribution >= 4 is 18.6 Å². The third-order valence-corrected chi connectivity index (χ3v) is 1.88. The number of carbonyl (C=O) groups excluding carboxylic acids is 1. The summed E-state index contributed by atoms with van der Waals surface area (Å²) in [5.41, 5.74) is 5.35. The molecule has 0 rings (SSSR count). The molecule has 0 aliphatic heterocycles. The summed E-state index contributed by atoms with van der Waals surface area (Å²) in [6.45, 7) is 0.351. The standard InChI is InChI=1S/C7H16N2O5S/c8-6(5-15)7(10)13-3-1-2-4-14-9(11)12/h6,11-12,15H,1-5,8H2. The summed E-state index contributed by atoms with van der Waals surface area (Å²) in [5.74, 6) is -0.247. The number of esters is 1. The van der Waals surface area contributed by atoms with Gasteiger partial charge in [0, 0.05) is 5.75 Å². The van der Waals surface area contributed by atoms with Gasteiger partial charge in [0.1, 0.15) is 6.04 Å². The van der Waals surface area contributed by atoms with Crippen LogP contribution < -0.4 is 5.73 Å². The predicted molar refractivity (Wildman–Crippen MR) is 53.4 cm³/mol. The molecule has 1 atom stereocenters. The Kier molecular flexibility index (Phi) is 8.67. The lowest BCUT2D eigenvalue weighted by Gasteiger charge is -2.09. The third kappa shape index (κ3) is 8.60. The Bertz CT molecular complexity index is 181. The Balaban J connectivity index is 3.27. The van der Waals surface area contributed by atoms with Gasteiger partial charge in [0.05, 0.1) is 18.6 Å². The topological polar surface area (TPSA) is 105 Å². The number of nitrogens with two attached hydrogens (primary N) is 1. The molecule has 0 aromatic carbocycles. The van der Waals surface area contributed by atoms with Gasteiger partial charge in [0.25, 0.3) is 0 Å². The normalized spacial score (nSPS) is 12.9. The molecule has 0 aliphatic carbocycles. The summed E-state index contributed by atoms with van der Waals surface area (Å²) in [5, 5.41) is 16.0. The maximum Gasteiger partial charge on any atom is 0.323 e. The third-order valence-electron chi connectivity index (χ3n) is 1.49. The van der Waals surface area contributed by atoms with E-state index in [2.05, 4.69) is 17.5 Å². The zero-order chi connectivity index (χ0) is 11.7. The quantitative estimate of drug-likeness (QED) is 0.198. The van der Waals surface area contributed by atoms with Gasteiger partial charge in [0.15, 0.2) is 0 Å². The molecule has 0 fully saturated rings. The van der Waals surface area contributed by atoms with E-state index in [-0.39, 0.29) is 24.4 Å². The molecule has 0 radical (unpaired) electrons. The van der Waals surface area contributed by atoms with Crippen molar-refractivity contribution in [3.8, 4) is 0 Å². The molecule has 8 heteroatoms. The molecule has 0 bridgehead atoms. The van der Waals surface area contributed by atoms with Gasteiger partial charge in [0.2, 0.25) is 0 Å². The average Bonchev–Trinajstić information content (AvgIpc) is 2.21. The van der Waals surface area contributed by atoms with Crippen LogP contribution in [0.2, 0.25) is 0 Å². The zero-order valence-electron chi connectivity index (χ0n) is 8.20. The second kappa shape index (κ2) is 8.89. The van der Waals surface area contributed by atoms with E-state index in [1.54, 1.807) is 0 Å². The summed E-state index contributed by atoms with van der Waals surface area (Å²) in [6.07, 6.45) is 1.08. The van der Waals surface area contributed by atoms with Crippen LogP contribution in [0, 0.1) is 0 Å². The summed E-state index contributed by atoms with van der Waals surface area (Å²) < 4.78 is 4.79. The number of ether oxygens (including phenoxy) is 1. The highest BCUT2D eigenvalue weighted by Crippen LogP contribution is 1.95. The van der Waals surface area contributed by atoms with Gasteiger partial charge < -0.3 is 10.5 Å². The fourth-order valence-electron chi connectivity index (χ4n) is 0.705. The van der Waals surface area contributed by atoms with Crippen LogP contribution in [-0.2, 0) is 14.4 Å². The van der Waals surface area contributed by atoms with Crippen LogP contribution >= 0.6 is 12.6 Å². The van der Waals surface area contributed by atoms with Gasteiger partial charge in [-0.2, -0.15) is 12.6 Å². The lowest BCUT2D eigenvalue weighted by atomic mass is 10.3. The molecule has 0 aromatic rings. The van der Waals surface area contributed by atoms with Crippen LogP contribution in [0.15, 0.2) is 0 Å². The van der Waals surface area contributed by atoms with Gasteiger partial charge in [-0.15, -0.1) is 0 Å². The molecule has 0 saturated heterocycles. The number of nitrogens with zero attached hydrogens (tertiary/aromatic N) is 1. The fraction of sp³-hybridized carbons (Fsp3) is 0.857. The van der Waals surface area contributed by atoms with Gasteiger partial charge in [-0.1, -0.05) is 0 Å². The zero-order valence-corrected chi connectivity index (χ0v) is 9.10. The minimum Gasteiger partial charge on any atom is -0.465 e. The second-order valence-corrected chi connectivity index (χ2v) is 3.11. The van der Waals surface area contributed by atoms with Crippen molar-refractivity contribution in [3.05, 3.63) is 0 Å². The number of hydrogen-bond acceptors (Lipinski definition) is 8. The van der Waals surface area contributed by atoms with Crippen LogP contribution in [0.1, 0.15) is 12.8 Å². The number of rotatable bonds is 8. The average molecular weight is 240 g/mol. The van der Waals surface area contributed by atoms with Gasteiger partial charge in [-0.3, -0.25) is 20.0 Å². The van der Waals surface area contributed by atoms with Crippen LogP contribution in [-0.4, -0.2) is 46.8 Å². The molecule has 1 unspecified atom stereocenters. The molecule has 0 spiro atoms. The minimum absolute atomic E-state index is 0.128. The lowest BCUT2D eigenvalue weighted by molar-refractivity contribution is -0.492. The van der Waals surface area contributed by atoms with Crippen LogP contribution in [0.4, 0.5) is 0 Å².